The van der Waals surface area contributed by atoms with E-state index in [0.717, 1.165) is 11.8 Å². The zero-order valence-corrected chi connectivity index (χ0v) is 5.69. The molecule has 0 aliphatic heterocycles. The molecule has 2 aliphatic carbocycles. The Morgan fingerprint density at radius 2 is 1.44 bits per heavy atom. The third-order valence-electron chi connectivity index (χ3n) is 2.82. The molecule has 2 fully saturated rings. The number of hydrogen-bond acceptors (Lipinski definition) is 0. The van der Waals surface area contributed by atoms with Gasteiger partial charge in [0, 0.05) is 0 Å². The number of rotatable bonds is 0. The van der Waals surface area contributed by atoms with Gasteiger partial charge in [0.15, 0.2) is 0 Å². The van der Waals surface area contributed by atoms with Crippen LogP contribution in [0.15, 0.2) is 24.3 Å². The van der Waals surface area contributed by atoms with Gasteiger partial charge in [0.25, 0.3) is 0 Å². The minimum absolute atomic E-state index is 0.845. The van der Waals surface area contributed by atoms with Crippen LogP contribution in [0.1, 0.15) is 19.3 Å². The lowest BCUT2D eigenvalue weighted by atomic mass is 9.68. The Kier molecular flexibility index (Phi) is 0.879. The highest BCUT2D eigenvalue weighted by molar-refractivity contribution is 5.43. The topological polar surface area (TPSA) is 0 Å². The van der Waals surface area contributed by atoms with E-state index in [4.69, 9.17) is 0 Å². The molecule has 2 aliphatic rings. The summed E-state index contributed by atoms with van der Waals surface area (Å²) in [5.74, 6) is 1.69. The number of fused-ring (bicyclic) bond motifs is 1. The second-order valence-corrected chi connectivity index (χ2v) is 3.19. The molecule has 2 saturated carbocycles. The van der Waals surface area contributed by atoms with Crippen molar-refractivity contribution in [2.45, 2.75) is 19.3 Å². The fraction of sp³-hybridized carbons (Fsp3) is 0.556. The molecular formula is C9H12. The molecule has 2 atom stereocenters. The Bertz CT molecular complexity index is 156. The fourth-order valence-electron chi connectivity index (χ4n) is 2.17. The van der Waals surface area contributed by atoms with Crippen LogP contribution >= 0.6 is 0 Å². The number of allylic oxidation sites excluding steroid dienone is 2. The molecule has 0 bridgehead atoms. The zero-order chi connectivity index (χ0) is 6.43. The van der Waals surface area contributed by atoms with Crippen molar-refractivity contribution < 1.29 is 0 Å². The van der Waals surface area contributed by atoms with Crippen molar-refractivity contribution in [1.82, 2.24) is 0 Å². The average Bonchev–Trinajstić information content (AvgIpc) is 2.30. The molecule has 0 nitrogen and oxygen atoms in total. The first-order valence-electron chi connectivity index (χ1n) is 3.68. The standard InChI is InChI=1S/C9H12/c1-6-7(2)9-5-3-4-8(6)9/h8-9H,1-5H2. The molecule has 0 spiro atoms. The second kappa shape index (κ2) is 1.50. The Balaban J connectivity index is 2.23. The molecule has 0 radical (unpaired) electrons. The molecule has 0 aromatic carbocycles. The smallest absolute Gasteiger partial charge is 0.00964 e. The van der Waals surface area contributed by atoms with Crippen molar-refractivity contribution in [3.63, 3.8) is 0 Å². The van der Waals surface area contributed by atoms with Crippen LogP contribution < -0.4 is 0 Å². The Morgan fingerprint density at radius 3 is 1.89 bits per heavy atom. The SMILES string of the molecule is C=C1C(=C)C2CCCC12. The summed E-state index contributed by atoms with van der Waals surface area (Å²) in [6, 6.07) is 0. The molecule has 0 amide bonds. The summed E-state index contributed by atoms with van der Waals surface area (Å²) in [6.07, 6.45) is 4.15. The van der Waals surface area contributed by atoms with Gasteiger partial charge < -0.3 is 0 Å². The first kappa shape index (κ1) is 5.28. The van der Waals surface area contributed by atoms with E-state index < -0.39 is 0 Å². The van der Waals surface area contributed by atoms with E-state index >= 15 is 0 Å². The molecule has 9 heavy (non-hydrogen) atoms. The van der Waals surface area contributed by atoms with Crippen LogP contribution in [0.25, 0.3) is 0 Å². The van der Waals surface area contributed by atoms with Crippen molar-refractivity contribution >= 4 is 0 Å². The lowest BCUT2D eigenvalue weighted by Gasteiger charge is -2.36. The van der Waals surface area contributed by atoms with Gasteiger partial charge >= 0.3 is 0 Å². The highest BCUT2D eigenvalue weighted by Gasteiger charge is 2.41. The largest absolute Gasteiger partial charge is 0.0953 e. The van der Waals surface area contributed by atoms with Gasteiger partial charge in [0.05, 0.1) is 0 Å². The second-order valence-electron chi connectivity index (χ2n) is 3.19. The minimum atomic E-state index is 0.845. The quantitative estimate of drug-likeness (QED) is 0.461. The van der Waals surface area contributed by atoms with Crippen molar-refractivity contribution in [3.8, 4) is 0 Å². The fourth-order valence-corrected chi connectivity index (χ4v) is 2.17. The van der Waals surface area contributed by atoms with Gasteiger partial charge in [-0.15, -0.1) is 0 Å². The molecule has 0 saturated heterocycles. The van der Waals surface area contributed by atoms with E-state index in [1.54, 1.807) is 0 Å². The van der Waals surface area contributed by atoms with Gasteiger partial charge in [-0.25, -0.2) is 0 Å². The van der Waals surface area contributed by atoms with Gasteiger partial charge in [-0.3, -0.25) is 0 Å². The monoisotopic (exact) mass is 120 g/mol. The lowest BCUT2D eigenvalue weighted by molar-refractivity contribution is 0.431. The Morgan fingerprint density at radius 1 is 1.00 bits per heavy atom. The molecule has 0 N–H and O–H groups in total. The maximum atomic E-state index is 3.98. The molecule has 48 valence electrons. The van der Waals surface area contributed by atoms with Crippen LogP contribution in [0.3, 0.4) is 0 Å². The molecular weight excluding hydrogens is 108 g/mol. The van der Waals surface area contributed by atoms with E-state index in [1.165, 1.54) is 30.4 Å². The van der Waals surface area contributed by atoms with Crippen LogP contribution in [-0.4, -0.2) is 0 Å². The zero-order valence-electron chi connectivity index (χ0n) is 5.69. The van der Waals surface area contributed by atoms with Crippen molar-refractivity contribution in [2.75, 3.05) is 0 Å². The Labute approximate surface area is 56.3 Å². The van der Waals surface area contributed by atoms with E-state index in [2.05, 4.69) is 13.2 Å². The van der Waals surface area contributed by atoms with Crippen molar-refractivity contribution in [1.29, 1.82) is 0 Å². The molecule has 0 heterocycles. The van der Waals surface area contributed by atoms with Crippen LogP contribution in [-0.2, 0) is 0 Å². The summed E-state index contributed by atoms with van der Waals surface area (Å²) in [5, 5.41) is 0. The van der Waals surface area contributed by atoms with Gasteiger partial charge in [-0.2, -0.15) is 0 Å². The summed E-state index contributed by atoms with van der Waals surface area (Å²) in [4.78, 5) is 0. The first-order valence-corrected chi connectivity index (χ1v) is 3.68. The molecule has 2 unspecified atom stereocenters. The minimum Gasteiger partial charge on any atom is -0.0953 e. The van der Waals surface area contributed by atoms with E-state index in [9.17, 15) is 0 Å². The van der Waals surface area contributed by atoms with Crippen LogP contribution in [0.5, 0.6) is 0 Å². The average molecular weight is 120 g/mol. The third kappa shape index (κ3) is 0.487. The van der Waals surface area contributed by atoms with Gasteiger partial charge in [-0.1, -0.05) is 19.6 Å². The highest BCUT2D eigenvalue weighted by atomic mass is 14.4. The normalized spacial score (nSPS) is 40.4. The lowest BCUT2D eigenvalue weighted by Crippen LogP contribution is -2.25. The maximum Gasteiger partial charge on any atom is -0.00964 e. The molecule has 2 rings (SSSR count). The maximum absolute atomic E-state index is 3.98. The van der Waals surface area contributed by atoms with Crippen LogP contribution in [0, 0.1) is 11.8 Å². The van der Waals surface area contributed by atoms with Gasteiger partial charge in [-0.05, 0) is 35.8 Å². The summed E-state index contributed by atoms with van der Waals surface area (Å²) in [6.45, 7) is 7.97. The van der Waals surface area contributed by atoms with E-state index in [0.29, 0.717) is 0 Å². The van der Waals surface area contributed by atoms with Crippen molar-refractivity contribution in [2.24, 2.45) is 11.8 Å². The Hall–Kier alpha value is -0.520. The van der Waals surface area contributed by atoms with Crippen LogP contribution in [0.2, 0.25) is 0 Å². The van der Waals surface area contributed by atoms with E-state index in [-0.39, 0.29) is 0 Å². The number of hydrogen-bond donors (Lipinski definition) is 0. The summed E-state index contributed by atoms with van der Waals surface area (Å²) in [7, 11) is 0. The first-order chi connectivity index (χ1) is 4.30. The molecule has 0 aromatic heterocycles. The third-order valence-corrected chi connectivity index (χ3v) is 2.82. The summed E-state index contributed by atoms with van der Waals surface area (Å²) in [5.41, 5.74) is 2.69. The molecule has 0 aromatic rings. The highest BCUT2D eigenvalue weighted by Crippen LogP contribution is 2.52. The van der Waals surface area contributed by atoms with Gasteiger partial charge in [0.1, 0.15) is 0 Å². The summed E-state index contributed by atoms with van der Waals surface area (Å²) < 4.78 is 0. The predicted molar refractivity (Wildman–Crippen MR) is 39.1 cm³/mol. The van der Waals surface area contributed by atoms with E-state index in [1.807, 2.05) is 0 Å². The predicted octanol–water partition coefficient (Wildman–Crippen LogP) is 2.53. The van der Waals surface area contributed by atoms with Crippen molar-refractivity contribution in [3.05, 3.63) is 24.3 Å². The van der Waals surface area contributed by atoms with Gasteiger partial charge in [0.2, 0.25) is 0 Å². The molecule has 0 heteroatoms. The van der Waals surface area contributed by atoms with Crippen LogP contribution in [0.4, 0.5) is 0 Å². The summed E-state index contributed by atoms with van der Waals surface area (Å²) >= 11 is 0.